The lowest BCUT2D eigenvalue weighted by atomic mass is 10.2. The normalized spacial score (nSPS) is 16.5. The number of benzene rings is 1. The summed E-state index contributed by atoms with van der Waals surface area (Å²) >= 11 is 12.3. The van der Waals surface area contributed by atoms with Crippen molar-refractivity contribution in [3.05, 3.63) is 28.2 Å². The molecule has 8 heteroatoms. The first-order valence-electron chi connectivity index (χ1n) is 9.50. The maximum Gasteiger partial charge on any atom is 0.410 e. The van der Waals surface area contributed by atoms with Gasteiger partial charge in [0.15, 0.2) is 0 Å². The third-order valence-electron chi connectivity index (χ3n) is 4.24. The Hall–Kier alpha value is -1.21. The number of nitrogens with zero attached hydrogens (tertiary/aromatic N) is 2. The van der Waals surface area contributed by atoms with Crippen LogP contribution >= 0.6 is 23.2 Å². The molecule has 0 saturated carbocycles. The Morgan fingerprint density at radius 3 is 2.57 bits per heavy atom. The van der Waals surface area contributed by atoms with Gasteiger partial charge in [-0.3, -0.25) is 4.90 Å². The summed E-state index contributed by atoms with van der Waals surface area (Å²) in [4.78, 5) is 16.1. The van der Waals surface area contributed by atoms with E-state index in [1.54, 1.807) is 30.1 Å². The molecule has 2 rings (SSSR count). The van der Waals surface area contributed by atoms with E-state index in [1.165, 1.54) is 0 Å². The zero-order valence-electron chi connectivity index (χ0n) is 17.0. The van der Waals surface area contributed by atoms with Crippen LogP contribution in [0.3, 0.4) is 0 Å². The van der Waals surface area contributed by atoms with Gasteiger partial charge in [0.2, 0.25) is 0 Å². The van der Waals surface area contributed by atoms with Crippen LogP contribution in [0.4, 0.5) is 4.79 Å². The summed E-state index contributed by atoms with van der Waals surface area (Å²) in [6.07, 6.45) is 0.162. The van der Waals surface area contributed by atoms with Crippen molar-refractivity contribution in [2.75, 3.05) is 46.4 Å². The van der Waals surface area contributed by atoms with Crippen LogP contribution in [-0.4, -0.2) is 74.0 Å². The number of ether oxygens (including phenoxy) is 3. The fourth-order valence-electron chi connectivity index (χ4n) is 2.78. The Labute approximate surface area is 177 Å². The van der Waals surface area contributed by atoms with E-state index in [4.69, 9.17) is 37.4 Å². The van der Waals surface area contributed by atoms with Crippen LogP contribution in [0, 0.1) is 0 Å². The Balaban J connectivity index is 1.99. The first-order chi connectivity index (χ1) is 13.1. The lowest BCUT2D eigenvalue weighted by Crippen LogP contribution is -2.44. The number of amides is 1. The van der Waals surface area contributed by atoms with E-state index in [1.807, 2.05) is 20.8 Å². The van der Waals surface area contributed by atoms with Crippen LogP contribution in [-0.2, 0) is 9.47 Å². The molecule has 1 saturated heterocycles. The number of hydrogen-bond donors (Lipinski definition) is 0. The fraction of sp³-hybridized carbons (Fsp3) is 0.650. The van der Waals surface area contributed by atoms with E-state index in [2.05, 4.69) is 4.90 Å². The average Bonchev–Trinajstić information content (AvgIpc) is 2.61. The third-order valence-corrected chi connectivity index (χ3v) is 4.78. The van der Waals surface area contributed by atoms with Gasteiger partial charge in [-0.25, -0.2) is 4.79 Å². The van der Waals surface area contributed by atoms with Crippen molar-refractivity contribution >= 4 is 29.3 Å². The molecule has 0 spiro atoms. The topological polar surface area (TPSA) is 51.2 Å². The molecule has 1 aliphatic heterocycles. The van der Waals surface area contributed by atoms with Gasteiger partial charge in [-0.05, 0) is 39.0 Å². The monoisotopic (exact) mass is 432 g/mol. The van der Waals surface area contributed by atoms with Gasteiger partial charge in [0.25, 0.3) is 0 Å². The summed E-state index contributed by atoms with van der Waals surface area (Å²) in [6.45, 7) is 9.94. The van der Waals surface area contributed by atoms with Gasteiger partial charge in [-0.15, -0.1) is 0 Å². The van der Waals surface area contributed by atoms with Crippen LogP contribution in [0.1, 0.15) is 27.2 Å². The van der Waals surface area contributed by atoms with E-state index in [0.717, 1.165) is 19.6 Å². The maximum absolute atomic E-state index is 12.2. The molecule has 0 bridgehead atoms. The van der Waals surface area contributed by atoms with Crippen molar-refractivity contribution in [1.82, 2.24) is 9.80 Å². The number of rotatable bonds is 7. The minimum Gasteiger partial charge on any atom is -0.487 e. The summed E-state index contributed by atoms with van der Waals surface area (Å²) in [7, 11) is 1.73. The highest BCUT2D eigenvalue weighted by atomic mass is 35.5. The van der Waals surface area contributed by atoms with Gasteiger partial charge in [0, 0.05) is 44.7 Å². The van der Waals surface area contributed by atoms with Crippen LogP contribution in [0.15, 0.2) is 18.2 Å². The second-order valence-corrected chi connectivity index (χ2v) is 8.76. The first-order valence-corrected chi connectivity index (χ1v) is 10.3. The number of morpholine rings is 1. The molecule has 1 aromatic rings. The number of halogens is 2. The van der Waals surface area contributed by atoms with Gasteiger partial charge >= 0.3 is 6.09 Å². The van der Waals surface area contributed by atoms with Gasteiger partial charge in [-0.1, -0.05) is 23.2 Å². The second kappa shape index (κ2) is 10.5. The lowest BCUT2D eigenvalue weighted by molar-refractivity contribution is 0.0132. The zero-order chi connectivity index (χ0) is 20.7. The molecule has 1 heterocycles. The number of carbonyl (C=O) groups excluding carboxylic acids is 1. The van der Waals surface area contributed by atoms with Gasteiger partial charge in [0.1, 0.15) is 17.5 Å². The summed E-state index contributed by atoms with van der Waals surface area (Å²) in [5.41, 5.74) is -0.522. The van der Waals surface area contributed by atoms with Crippen molar-refractivity contribution in [2.45, 2.75) is 38.9 Å². The fourth-order valence-corrected chi connectivity index (χ4v) is 3.23. The standard InChI is InChI=1S/C20H30Cl2N2O4/c1-20(2,3)28-19(25)23(4)8-7-16(14-24-9-11-26-12-10-24)27-18-6-5-15(21)13-17(18)22/h5-6,13,16H,7-12,14H2,1-4H3. The molecule has 1 atom stereocenters. The molecule has 28 heavy (non-hydrogen) atoms. The maximum atomic E-state index is 12.2. The minimum atomic E-state index is -0.522. The zero-order valence-corrected chi connectivity index (χ0v) is 18.6. The van der Waals surface area contributed by atoms with Crippen molar-refractivity contribution in [3.8, 4) is 5.75 Å². The summed E-state index contributed by atoms with van der Waals surface area (Å²) in [5, 5.41) is 1.03. The van der Waals surface area contributed by atoms with Crippen molar-refractivity contribution in [2.24, 2.45) is 0 Å². The summed E-state index contributed by atoms with van der Waals surface area (Å²) in [5.74, 6) is 0.587. The number of carbonyl (C=O) groups is 1. The van der Waals surface area contributed by atoms with Crippen molar-refractivity contribution in [1.29, 1.82) is 0 Å². The molecule has 1 amide bonds. The Kier molecular flexibility index (Phi) is 8.68. The predicted octanol–water partition coefficient (Wildman–Crippen LogP) is 4.33. The quantitative estimate of drug-likeness (QED) is 0.641. The van der Waals surface area contributed by atoms with E-state index in [0.29, 0.717) is 42.0 Å². The van der Waals surface area contributed by atoms with E-state index < -0.39 is 5.60 Å². The second-order valence-electron chi connectivity index (χ2n) is 7.92. The molecule has 0 aromatic heterocycles. The van der Waals surface area contributed by atoms with E-state index >= 15 is 0 Å². The Morgan fingerprint density at radius 1 is 1.29 bits per heavy atom. The van der Waals surface area contributed by atoms with E-state index in [-0.39, 0.29) is 12.2 Å². The molecule has 1 aliphatic rings. The summed E-state index contributed by atoms with van der Waals surface area (Å²) < 4.78 is 17.0. The third kappa shape index (κ3) is 8.03. The smallest absolute Gasteiger partial charge is 0.410 e. The summed E-state index contributed by atoms with van der Waals surface area (Å²) in [6, 6.07) is 5.19. The molecule has 0 radical (unpaired) electrons. The van der Waals surface area contributed by atoms with Gasteiger partial charge in [-0.2, -0.15) is 0 Å². The molecule has 0 aliphatic carbocycles. The molecule has 0 N–H and O–H groups in total. The van der Waals surface area contributed by atoms with Crippen LogP contribution in [0.5, 0.6) is 5.75 Å². The lowest BCUT2D eigenvalue weighted by Gasteiger charge is -2.32. The van der Waals surface area contributed by atoms with Crippen LogP contribution in [0.25, 0.3) is 0 Å². The van der Waals surface area contributed by atoms with Gasteiger partial charge in [0.05, 0.1) is 18.2 Å². The van der Waals surface area contributed by atoms with Gasteiger partial charge < -0.3 is 19.1 Å². The highest BCUT2D eigenvalue weighted by Gasteiger charge is 2.23. The Bertz CT molecular complexity index is 646. The average molecular weight is 433 g/mol. The molecule has 1 fully saturated rings. The number of hydrogen-bond acceptors (Lipinski definition) is 5. The van der Waals surface area contributed by atoms with Crippen LogP contribution in [0.2, 0.25) is 10.0 Å². The highest BCUT2D eigenvalue weighted by molar-refractivity contribution is 6.35. The van der Waals surface area contributed by atoms with E-state index in [9.17, 15) is 4.79 Å². The Morgan fingerprint density at radius 2 is 1.96 bits per heavy atom. The molecule has 1 aromatic carbocycles. The van der Waals surface area contributed by atoms with Crippen molar-refractivity contribution in [3.63, 3.8) is 0 Å². The molecule has 1 unspecified atom stereocenters. The van der Waals surface area contributed by atoms with Crippen LogP contribution < -0.4 is 4.74 Å². The molecule has 158 valence electrons. The van der Waals surface area contributed by atoms with Crippen molar-refractivity contribution < 1.29 is 19.0 Å². The predicted molar refractivity (Wildman–Crippen MR) is 112 cm³/mol. The molecule has 6 nitrogen and oxygen atoms in total. The minimum absolute atomic E-state index is 0.137. The SMILES string of the molecule is CN(CCC(CN1CCOCC1)Oc1ccc(Cl)cc1Cl)C(=O)OC(C)(C)C. The molecular weight excluding hydrogens is 403 g/mol. The first kappa shape index (κ1) is 23.1. The largest absolute Gasteiger partial charge is 0.487 e. The highest BCUT2D eigenvalue weighted by Crippen LogP contribution is 2.29. The molecular formula is C20H30Cl2N2O4.